The number of amides is 1. The molecule has 1 atom stereocenters. The van der Waals surface area contributed by atoms with Crippen LogP contribution in [0.3, 0.4) is 0 Å². The average Bonchev–Trinajstić information content (AvgIpc) is 2.65. The summed E-state index contributed by atoms with van der Waals surface area (Å²) in [6.07, 6.45) is 5.68. The first-order valence-electron chi connectivity index (χ1n) is 9.05. The summed E-state index contributed by atoms with van der Waals surface area (Å²) in [5, 5.41) is 3.70. The molecule has 0 aromatic heterocycles. The molecule has 2 aromatic rings. The van der Waals surface area contributed by atoms with Crippen LogP contribution in [0.5, 0.6) is 5.75 Å². The van der Waals surface area contributed by atoms with E-state index in [1.54, 1.807) is 18.2 Å². The van der Waals surface area contributed by atoms with Crippen LogP contribution in [-0.2, 0) is 17.6 Å². The molecule has 0 spiro atoms. The minimum absolute atomic E-state index is 0.00647. The molecule has 5 heteroatoms. The van der Waals surface area contributed by atoms with Gasteiger partial charge in [-0.25, -0.2) is 0 Å². The van der Waals surface area contributed by atoms with Crippen LogP contribution in [0.4, 0.5) is 0 Å². The zero-order chi connectivity index (χ0) is 18.5. The van der Waals surface area contributed by atoms with Gasteiger partial charge in [-0.15, -0.1) is 0 Å². The fourth-order valence-corrected chi connectivity index (χ4v) is 4.16. The molecule has 0 saturated heterocycles. The Morgan fingerprint density at radius 3 is 2.69 bits per heavy atom. The third kappa shape index (κ3) is 4.80. The van der Waals surface area contributed by atoms with Crippen molar-refractivity contribution in [3.05, 3.63) is 62.6 Å². The average molecular weight is 437 g/mol. The smallest absolute Gasteiger partial charge is 0.258 e. The van der Waals surface area contributed by atoms with Crippen LogP contribution in [-0.4, -0.2) is 12.5 Å². The first-order valence-corrected chi connectivity index (χ1v) is 10.2. The number of benzene rings is 2. The second kappa shape index (κ2) is 8.92. The number of nitrogens with one attached hydrogen (secondary N) is 1. The molecule has 0 radical (unpaired) electrons. The molecule has 0 aliphatic heterocycles. The van der Waals surface area contributed by atoms with Crippen LogP contribution < -0.4 is 10.1 Å². The number of carbonyl (C=O) groups is 1. The molecule has 0 unspecified atom stereocenters. The molecule has 2 aromatic carbocycles. The Morgan fingerprint density at radius 1 is 1.19 bits per heavy atom. The van der Waals surface area contributed by atoms with Crippen LogP contribution in [0.15, 0.2) is 40.9 Å². The molecular weight excluding hydrogens is 414 g/mol. The van der Waals surface area contributed by atoms with Crippen molar-refractivity contribution in [3.63, 3.8) is 0 Å². The molecule has 1 aliphatic rings. The molecule has 0 bridgehead atoms. The van der Waals surface area contributed by atoms with Gasteiger partial charge < -0.3 is 10.1 Å². The molecule has 3 nitrogen and oxygen atoms in total. The maximum Gasteiger partial charge on any atom is 0.258 e. The van der Waals surface area contributed by atoms with Gasteiger partial charge in [0, 0.05) is 5.02 Å². The van der Waals surface area contributed by atoms with Gasteiger partial charge in [-0.3, -0.25) is 4.79 Å². The number of fused-ring (bicyclic) bond motifs is 1. The van der Waals surface area contributed by atoms with Crippen LogP contribution in [0, 0.1) is 0 Å². The number of hydrogen-bond acceptors (Lipinski definition) is 2. The Balaban J connectivity index is 1.61. The van der Waals surface area contributed by atoms with Gasteiger partial charge in [0.1, 0.15) is 5.75 Å². The molecule has 26 heavy (non-hydrogen) atoms. The molecule has 1 amide bonds. The van der Waals surface area contributed by atoms with Gasteiger partial charge in [0.25, 0.3) is 5.91 Å². The predicted octanol–water partition coefficient (Wildman–Crippen LogP) is 5.63. The Labute approximate surface area is 168 Å². The third-order valence-electron chi connectivity index (χ3n) is 4.77. The molecule has 3 rings (SSSR count). The topological polar surface area (TPSA) is 38.3 Å². The number of hydrogen-bond donors (Lipinski definition) is 1. The van der Waals surface area contributed by atoms with E-state index in [1.807, 2.05) is 0 Å². The Morgan fingerprint density at radius 2 is 1.96 bits per heavy atom. The van der Waals surface area contributed by atoms with Crippen molar-refractivity contribution < 1.29 is 9.53 Å². The quantitative estimate of drug-likeness (QED) is 0.637. The van der Waals surface area contributed by atoms with Crippen molar-refractivity contribution in [2.45, 2.75) is 45.1 Å². The van der Waals surface area contributed by atoms with Crippen molar-refractivity contribution in [2.24, 2.45) is 0 Å². The van der Waals surface area contributed by atoms with Crippen LogP contribution >= 0.6 is 27.5 Å². The minimum Gasteiger partial charge on any atom is -0.483 e. The van der Waals surface area contributed by atoms with Crippen LogP contribution in [0.2, 0.25) is 5.02 Å². The summed E-state index contributed by atoms with van der Waals surface area (Å²) in [5.74, 6) is 0.475. The highest BCUT2D eigenvalue weighted by Gasteiger charge is 2.16. The maximum atomic E-state index is 12.3. The van der Waals surface area contributed by atoms with E-state index in [-0.39, 0.29) is 18.6 Å². The van der Waals surface area contributed by atoms with Gasteiger partial charge in [0.15, 0.2) is 6.61 Å². The molecule has 1 N–H and O–H groups in total. The lowest BCUT2D eigenvalue weighted by atomic mass is 9.89. The number of rotatable bonds is 6. The van der Waals surface area contributed by atoms with Crippen molar-refractivity contribution in [2.75, 3.05) is 6.61 Å². The largest absolute Gasteiger partial charge is 0.483 e. The Hall–Kier alpha value is -1.52. The zero-order valence-electron chi connectivity index (χ0n) is 14.9. The Kier molecular flexibility index (Phi) is 6.60. The van der Waals surface area contributed by atoms with Gasteiger partial charge in [-0.2, -0.15) is 0 Å². The van der Waals surface area contributed by atoms with Crippen LogP contribution in [0.25, 0.3) is 0 Å². The molecule has 0 heterocycles. The summed E-state index contributed by atoms with van der Waals surface area (Å²) < 4.78 is 6.34. The van der Waals surface area contributed by atoms with E-state index in [4.69, 9.17) is 16.3 Å². The Bertz CT molecular complexity index is 794. The van der Waals surface area contributed by atoms with E-state index >= 15 is 0 Å². The third-order valence-corrected chi connectivity index (χ3v) is 5.63. The van der Waals surface area contributed by atoms with Crippen molar-refractivity contribution >= 4 is 33.4 Å². The number of halogens is 2. The monoisotopic (exact) mass is 435 g/mol. The van der Waals surface area contributed by atoms with E-state index < -0.39 is 0 Å². The standard InChI is InChI=1S/C21H23BrClNO2/c1-2-19(16-8-7-14-5-3-4-6-15(14)11-16)24-21(25)13-26-20-10-9-17(23)12-18(20)22/h7-12,19H,2-6,13H2,1H3,(H,24,25)/t19-/m0/s1. The van der Waals surface area contributed by atoms with E-state index in [1.165, 1.54) is 36.0 Å². The second-order valence-corrected chi connectivity index (χ2v) is 7.92. The van der Waals surface area contributed by atoms with E-state index in [9.17, 15) is 4.79 Å². The van der Waals surface area contributed by atoms with E-state index in [0.717, 1.165) is 17.3 Å². The van der Waals surface area contributed by atoms with Crippen molar-refractivity contribution in [3.8, 4) is 5.75 Å². The summed E-state index contributed by atoms with van der Waals surface area (Å²) in [6.45, 7) is 2.06. The second-order valence-electron chi connectivity index (χ2n) is 6.63. The van der Waals surface area contributed by atoms with Crippen molar-refractivity contribution in [1.29, 1.82) is 0 Å². The summed E-state index contributed by atoms with van der Waals surface area (Å²) in [7, 11) is 0. The highest BCUT2D eigenvalue weighted by molar-refractivity contribution is 9.10. The number of ether oxygens (including phenoxy) is 1. The first kappa shape index (κ1) is 19.2. The summed E-state index contributed by atoms with van der Waals surface area (Å²) in [6, 6.07) is 11.9. The lowest BCUT2D eigenvalue weighted by Gasteiger charge is -2.22. The van der Waals surface area contributed by atoms with Gasteiger partial charge >= 0.3 is 0 Å². The summed E-state index contributed by atoms with van der Waals surface area (Å²) >= 11 is 9.31. The van der Waals surface area contributed by atoms with Gasteiger partial charge in [-0.1, -0.05) is 36.7 Å². The molecule has 0 saturated carbocycles. The van der Waals surface area contributed by atoms with Gasteiger partial charge in [0.2, 0.25) is 0 Å². The number of aryl methyl sites for hydroxylation is 2. The van der Waals surface area contributed by atoms with Gasteiger partial charge in [-0.05, 0) is 82.9 Å². The normalized spacial score (nSPS) is 14.4. The first-order chi connectivity index (χ1) is 12.6. The maximum absolute atomic E-state index is 12.3. The molecule has 1 aliphatic carbocycles. The lowest BCUT2D eigenvalue weighted by Crippen LogP contribution is -2.32. The number of carbonyl (C=O) groups excluding carboxylic acids is 1. The summed E-state index contributed by atoms with van der Waals surface area (Å²) in [5.41, 5.74) is 4.06. The molecular formula is C21H23BrClNO2. The lowest BCUT2D eigenvalue weighted by molar-refractivity contribution is -0.123. The van der Waals surface area contributed by atoms with Crippen molar-refractivity contribution in [1.82, 2.24) is 5.32 Å². The zero-order valence-corrected chi connectivity index (χ0v) is 17.2. The predicted molar refractivity (Wildman–Crippen MR) is 109 cm³/mol. The molecule has 0 fully saturated rings. The fraction of sp³-hybridized carbons (Fsp3) is 0.381. The van der Waals surface area contributed by atoms with Crippen LogP contribution in [0.1, 0.15) is 48.9 Å². The highest BCUT2D eigenvalue weighted by atomic mass is 79.9. The fourth-order valence-electron chi connectivity index (χ4n) is 3.36. The summed E-state index contributed by atoms with van der Waals surface area (Å²) in [4.78, 5) is 12.3. The SMILES string of the molecule is CC[C@H](NC(=O)COc1ccc(Cl)cc1Br)c1ccc2c(c1)CCCC2. The van der Waals surface area contributed by atoms with E-state index in [2.05, 4.69) is 46.4 Å². The van der Waals surface area contributed by atoms with Gasteiger partial charge in [0.05, 0.1) is 10.5 Å². The highest BCUT2D eigenvalue weighted by Crippen LogP contribution is 2.28. The molecule has 138 valence electrons. The minimum atomic E-state index is -0.128. The van der Waals surface area contributed by atoms with E-state index in [0.29, 0.717) is 10.8 Å².